The normalized spacial score (nSPS) is 14.2. The van der Waals surface area contributed by atoms with E-state index in [0.29, 0.717) is 6.61 Å². The van der Waals surface area contributed by atoms with Crippen molar-refractivity contribution in [2.75, 3.05) is 33.5 Å². The van der Waals surface area contributed by atoms with Crippen LogP contribution >= 0.6 is 0 Å². The van der Waals surface area contributed by atoms with Gasteiger partial charge in [0.1, 0.15) is 0 Å². The highest BCUT2D eigenvalue weighted by atomic mass is 19.4. The summed E-state index contributed by atoms with van der Waals surface area (Å²) >= 11 is 0. The third-order valence-corrected chi connectivity index (χ3v) is 1.71. The van der Waals surface area contributed by atoms with Crippen LogP contribution in [0.2, 0.25) is 0 Å². The average molecular weight is 229 g/mol. The maximum absolute atomic E-state index is 11.8. The summed E-state index contributed by atoms with van der Waals surface area (Å²) in [5.74, 6) is 0. The molecule has 0 aromatic carbocycles. The fourth-order valence-corrected chi connectivity index (χ4v) is 1.07. The van der Waals surface area contributed by atoms with Crippen molar-refractivity contribution in [3.05, 3.63) is 0 Å². The number of nitrogens with one attached hydrogen (secondary N) is 1. The average Bonchev–Trinajstić information content (AvgIpc) is 2.11. The summed E-state index contributed by atoms with van der Waals surface area (Å²) < 4.78 is 45.1. The topological polar surface area (TPSA) is 30.5 Å². The molecule has 0 saturated heterocycles. The van der Waals surface area contributed by atoms with E-state index >= 15 is 0 Å². The third-order valence-electron chi connectivity index (χ3n) is 1.71. The van der Waals surface area contributed by atoms with Gasteiger partial charge in [-0.2, -0.15) is 13.2 Å². The first-order valence-electron chi connectivity index (χ1n) is 4.86. The van der Waals surface area contributed by atoms with Crippen LogP contribution in [0.1, 0.15) is 13.3 Å². The number of hydrogen-bond donors (Lipinski definition) is 1. The molecule has 1 unspecified atom stereocenters. The van der Waals surface area contributed by atoms with Crippen molar-refractivity contribution in [1.82, 2.24) is 5.32 Å². The van der Waals surface area contributed by atoms with E-state index in [1.807, 2.05) is 6.92 Å². The summed E-state index contributed by atoms with van der Waals surface area (Å²) in [7, 11) is 1.54. The summed E-state index contributed by atoms with van der Waals surface area (Å²) in [6.45, 7) is 3.02. The van der Waals surface area contributed by atoms with E-state index in [4.69, 9.17) is 9.47 Å². The SMILES string of the molecule is CCNC(COC)COCCC(F)(F)F. The maximum Gasteiger partial charge on any atom is 0.391 e. The van der Waals surface area contributed by atoms with Crippen molar-refractivity contribution >= 4 is 0 Å². The first-order chi connectivity index (χ1) is 6.99. The van der Waals surface area contributed by atoms with Crippen LogP contribution in [0, 0.1) is 0 Å². The van der Waals surface area contributed by atoms with Gasteiger partial charge in [0.05, 0.1) is 32.3 Å². The van der Waals surface area contributed by atoms with Crippen LogP contribution in [0.3, 0.4) is 0 Å². The van der Waals surface area contributed by atoms with E-state index < -0.39 is 12.6 Å². The highest BCUT2D eigenvalue weighted by Gasteiger charge is 2.26. The standard InChI is InChI=1S/C9H18F3NO2/c1-3-13-8(6-14-2)7-15-5-4-9(10,11)12/h8,13H,3-7H2,1-2H3. The minimum Gasteiger partial charge on any atom is -0.383 e. The van der Waals surface area contributed by atoms with Crippen molar-refractivity contribution in [1.29, 1.82) is 0 Å². The van der Waals surface area contributed by atoms with Crippen LogP contribution in [0.25, 0.3) is 0 Å². The number of rotatable bonds is 8. The summed E-state index contributed by atoms with van der Waals surface area (Å²) in [6, 6.07) is -0.0479. The summed E-state index contributed by atoms with van der Waals surface area (Å²) in [5.41, 5.74) is 0. The van der Waals surface area contributed by atoms with Crippen LogP contribution in [0.15, 0.2) is 0 Å². The lowest BCUT2D eigenvalue weighted by Gasteiger charge is -2.17. The molecule has 1 N–H and O–H groups in total. The number of halogens is 3. The highest BCUT2D eigenvalue weighted by molar-refractivity contribution is 4.63. The van der Waals surface area contributed by atoms with Crippen LogP contribution in [-0.4, -0.2) is 45.7 Å². The summed E-state index contributed by atoms with van der Waals surface area (Å²) in [4.78, 5) is 0. The zero-order valence-corrected chi connectivity index (χ0v) is 9.06. The first kappa shape index (κ1) is 14.7. The Morgan fingerprint density at radius 1 is 1.27 bits per heavy atom. The van der Waals surface area contributed by atoms with Crippen molar-refractivity contribution in [2.24, 2.45) is 0 Å². The lowest BCUT2D eigenvalue weighted by molar-refractivity contribution is -0.145. The molecular formula is C9H18F3NO2. The number of likely N-dealkylation sites (N-methyl/N-ethyl adjacent to an activating group) is 1. The molecule has 0 rings (SSSR count). The molecule has 0 aromatic rings. The zero-order valence-electron chi connectivity index (χ0n) is 9.06. The van der Waals surface area contributed by atoms with Gasteiger partial charge in [-0.3, -0.25) is 0 Å². The second-order valence-corrected chi connectivity index (χ2v) is 3.15. The lowest BCUT2D eigenvalue weighted by atomic mass is 10.3. The molecule has 6 heteroatoms. The quantitative estimate of drug-likeness (QED) is 0.641. The Kier molecular flexibility index (Phi) is 7.72. The number of ether oxygens (including phenoxy) is 2. The van der Waals surface area contributed by atoms with Gasteiger partial charge in [-0.05, 0) is 6.54 Å². The van der Waals surface area contributed by atoms with E-state index in [1.54, 1.807) is 7.11 Å². The molecule has 0 heterocycles. The Bertz CT molecular complexity index is 147. The van der Waals surface area contributed by atoms with Crippen LogP contribution in [-0.2, 0) is 9.47 Å². The Morgan fingerprint density at radius 2 is 1.93 bits per heavy atom. The molecule has 0 saturated carbocycles. The predicted molar refractivity (Wildman–Crippen MR) is 50.8 cm³/mol. The zero-order chi connectivity index (χ0) is 11.7. The molecule has 0 amide bonds. The first-order valence-corrected chi connectivity index (χ1v) is 4.86. The molecule has 0 aliphatic rings. The lowest BCUT2D eigenvalue weighted by Crippen LogP contribution is -2.37. The Hall–Kier alpha value is -0.330. The fraction of sp³-hybridized carbons (Fsp3) is 1.00. The van der Waals surface area contributed by atoms with Gasteiger partial charge < -0.3 is 14.8 Å². The molecular weight excluding hydrogens is 211 g/mol. The van der Waals surface area contributed by atoms with Gasteiger partial charge in [0.15, 0.2) is 0 Å². The molecule has 0 aromatic heterocycles. The molecule has 92 valence electrons. The van der Waals surface area contributed by atoms with Crippen molar-refractivity contribution in [3.8, 4) is 0 Å². The second kappa shape index (κ2) is 7.90. The second-order valence-electron chi connectivity index (χ2n) is 3.15. The minimum absolute atomic E-state index is 0.0479. The van der Waals surface area contributed by atoms with Crippen LogP contribution in [0.5, 0.6) is 0 Å². The van der Waals surface area contributed by atoms with Crippen LogP contribution in [0.4, 0.5) is 13.2 Å². The highest BCUT2D eigenvalue weighted by Crippen LogP contribution is 2.18. The summed E-state index contributed by atoms with van der Waals surface area (Å²) in [5, 5.41) is 3.05. The molecule has 0 radical (unpaired) electrons. The van der Waals surface area contributed by atoms with Gasteiger partial charge in [0, 0.05) is 7.11 Å². The number of hydrogen-bond acceptors (Lipinski definition) is 3. The molecule has 0 spiro atoms. The van der Waals surface area contributed by atoms with Gasteiger partial charge in [-0.1, -0.05) is 6.92 Å². The van der Waals surface area contributed by atoms with E-state index in [2.05, 4.69) is 5.32 Å². The van der Waals surface area contributed by atoms with Gasteiger partial charge in [-0.25, -0.2) is 0 Å². The van der Waals surface area contributed by atoms with Crippen molar-refractivity contribution < 1.29 is 22.6 Å². The Balaban J connectivity index is 3.52. The van der Waals surface area contributed by atoms with Crippen LogP contribution < -0.4 is 5.32 Å². The van der Waals surface area contributed by atoms with Gasteiger partial charge in [-0.15, -0.1) is 0 Å². The number of alkyl halides is 3. The van der Waals surface area contributed by atoms with Crippen molar-refractivity contribution in [2.45, 2.75) is 25.6 Å². The third kappa shape index (κ3) is 9.96. The van der Waals surface area contributed by atoms with E-state index in [0.717, 1.165) is 6.54 Å². The van der Waals surface area contributed by atoms with E-state index in [-0.39, 0.29) is 19.3 Å². The fourth-order valence-electron chi connectivity index (χ4n) is 1.07. The smallest absolute Gasteiger partial charge is 0.383 e. The number of methoxy groups -OCH3 is 1. The molecule has 0 fully saturated rings. The van der Waals surface area contributed by atoms with Gasteiger partial charge in [0.2, 0.25) is 0 Å². The molecule has 1 atom stereocenters. The molecule has 15 heavy (non-hydrogen) atoms. The van der Waals surface area contributed by atoms with E-state index in [1.165, 1.54) is 0 Å². The largest absolute Gasteiger partial charge is 0.391 e. The van der Waals surface area contributed by atoms with Crippen molar-refractivity contribution in [3.63, 3.8) is 0 Å². The summed E-state index contributed by atoms with van der Waals surface area (Å²) in [6.07, 6.45) is -5.05. The predicted octanol–water partition coefficient (Wildman–Crippen LogP) is 1.58. The molecule has 0 aliphatic carbocycles. The maximum atomic E-state index is 11.8. The molecule has 0 aliphatic heterocycles. The van der Waals surface area contributed by atoms with Gasteiger partial charge >= 0.3 is 6.18 Å². The Labute approximate surface area is 87.9 Å². The Morgan fingerprint density at radius 3 is 2.40 bits per heavy atom. The molecule has 3 nitrogen and oxygen atoms in total. The van der Waals surface area contributed by atoms with E-state index in [9.17, 15) is 13.2 Å². The minimum atomic E-state index is -4.14. The van der Waals surface area contributed by atoms with Gasteiger partial charge in [0.25, 0.3) is 0 Å². The molecule has 0 bridgehead atoms. The monoisotopic (exact) mass is 229 g/mol.